The van der Waals surface area contributed by atoms with Crippen LogP contribution >= 0.6 is 0 Å². The predicted molar refractivity (Wildman–Crippen MR) is 87.1 cm³/mol. The Morgan fingerprint density at radius 3 is 2.46 bits per heavy atom. The number of nitrogens with zero attached hydrogens (tertiary/aromatic N) is 1. The smallest absolute Gasteiger partial charge is 0.326 e. The summed E-state index contributed by atoms with van der Waals surface area (Å²) in [5, 5.41) is 11.8. The zero-order chi connectivity index (χ0) is 17.9. The normalized spacial score (nSPS) is 11.6. The van der Waals surface area contributed by atoms with Gasteiger partial charge in [0.25, 0.3) is 0 Å². The summed E-state index contributed by atoms with van der Waals surface area (Å²) in [5.74, 6) is -0.409. The van der Waals surface area contributed by atoms with E-state index in [1.165, 1.54) is 12.0 Å². The molecule has 0 aromatic heterocycles. The molecule has 1 atom stereocenters. The van der Waals surface area contributed by atoms with Crippen LogP contribution in [0.4, 0.5) is 4.79 Å². The molecule has 8 nitrogen and oxygen atoms in total. The van der Waals surface area contributed by atoms with Crippen molar-refractivity contribution < 1.29 is 28.9 Å². The van der Waals surface area contributed by atoms with Gasteiger partial charge in [-0.3, -0.25) is 0 Å². The first-order valence-corrected chi connectivity index (χ1v) is 7.42. The largest absolute Gasteiger partial charge is 0.497 e. The highest BCUT2D eigenvalue weighted by Gasteiger charge is 2.22. The van der Waals surface area contributed by atoms with Crippen LogP contribution in [0.5, 0.6) is 5.75 Å². The van der Waals surface area contributed by atoms with Crippen molar-refractivity contribution in [3.8, 4) is 5.75 Å². The van der Waals surface area contributed by atoms with Gasteiger partial charge in [-0.2, -0.15) is 0 Å². The summed E-state index contributed by atoms with van der Waals surface area (Å²) in [6, 6.07) is 5.53. The molecule has 1 rings (SSSR count). The maximum absolute atomic E-state index is 12.1. The number of carbonyl (C=O) groups is 2. The number of hydrogen-bond acceptors (Lipinski definition) is 5. The topological polar surface area (TPSA) is 97.3 Å². The summed E-state index contributed by atoms with van der Waals surface area (Å²) < 4.78 is 14.9. The van der Waals surface area contributed by atoms with E-state index >= 15 is 0 Å². The Morgan fingerprint density at radius 2 is 1.92 bits per heavy atom. The van der Waals surface area contributed by atoms with Crippen LogP contribution in [0.25, 0.3) is 0 Å². The summed E-state index contributed by atoms with van der Waals surface area (Å²) in [6.45, 7) is 0.767. The number of hydrogen-bond donors (Lipinski definition) is 2. The molecule has 0 saturated heterocycles. The molecule has 1 aromatic rings. The van der Waals surface area contributed by atoms with E-state index in [0.717, 1.165) is 5.56 Å². The van der Waals surface area contributed by atoms with Gasteiger partial charge >= 0.3 is 12.0 Å². The molecule has 0 spiro atoms. The van der Waals surface area contributed by atoms with Gasteiger partial charge in [-0.25, -0.2) is 9.59 Å². The second-order valence-electron chi connectivity index (χ2n) is 5.13. The number of methoxy groups -OCH3 is 2. The minimum Gasteiger partial charge on any atom is -0.497 e. The number of carboxylic acid groups (broad SMARTS) is 1. The van der Waals surface area contributed by atoms with E-state index in [-0.39, 0.29) is 13.2 Å². The van der Waals surface area contributed by atoms with Crippen LogP contribution in [-0.2, 0) is 20.7 Å². The summed E-state index contributed by atoms with van der Waals surface area (Å²) >= 11 is 0. The lowest BCUT2D eigenvalue weighted by Gasteiger charge is -2.21. The molecule has 0 aliphatic carbocycles. The van der Waals surface area contributed by atoms with E-state index in [2.05, 4.69) is 5.32 Å². The number of carbonyl (C=O) groups excluding carboxylic acids is 1. The molecule has 134 valence electrons. The van der Waals surface area contributed by atoms with Crippen molar-refractivity contribution in [1.29, 1.82) is 0 Å². The first-order valence-electron chi connectivity index (χ1n) is 7.42. The lowest BCUT2D eigenvalue weighted by molar-refractivity contribution is -0.139. The zero-order valence-corrected chi connectivity index (χ0v) is 14.2. The number of carboxylic acids is 1. The van der Waals surface area contributed by atoms with E-state index in [1.54, 1.807) is 38.4 Å². The number of benzene rings is 1. The van der Waals surface area contributed by atoms with Crippen LogP contribution in [0, 0.1) is 0 Å². The van der Waals surface area contributed by atoms with Crippen molar-refractivity contribution in [3.05, 3.63) is 29.8 Å². The van der Waals surface area contributed by atoms with E-state index in [4.69, 9.17) is 14.2 Å². The Balaban J connectivity index is 2.54. The molecule has 0 fully saturated rings. The van der Waals surface area contributed by atoms with Crippen molar-refractivity contribution in [2.75, 3.05) is 41.2 Å². The molecule has 8 heteroatoms. The molecule has 1 aromatic carbocycles. The van der Waals surface area contributed by atoms with Crippen LogP contribution < -0.4 is 10.1 Å². The van der Waals surface area contributed by atoms with E-state index < -0.39 is 18.0 Å². The Morgan fingerprint density at radius 1 is 1.25 bits per heavy atom. The molecule has 24 heavy (non-hydrogen) atoms. The SMILES string of the molecule is COCOCCN(C)C(=O)N[C@@H](Cc1ccc(OC)cc1)C(=O)O. The monoisotopic (exact) mass is 340 g/mol. The van der Waals surface area contributed by atoms with Crippen LogP contribution in [-0.4, -0.2) is 69.3 Å². The minimum atomic E-state index is -1.09. The number of likely N-dealkylation sites (N-methyl/N-ethyl adjacent to an activating group) is 1. The van der Waals surface area contributed by atoms with Gasteiger partial charge < -0.3 is 29.5 Å². The number of aliphatic carboxylic acids is 1. The molecule has 0 bridgehead atoms. The Hall–Kier alpha value is -2.32. The summed E-state index contributed by atoms with van der Waals surface area (Å²) in [5.41, 5.74) is 0.787. The summed E-state index contributed by atoms with van der Waals surface area (Å²) in [6.07, 6.45) is 0.180. The summed E-state index contributed by atoms with van der Waals surface area (Å²) in [7, 11) is 4.63. The van der Waals surface area contributed by atoms with Gasteiger partial charge in [0.2, 0.25) is 0 Å². The predicted octanol–water partition coefficient (Wildman–Crippen LogP) is 0.953. The number of amides is 2. The van der Waals surface area contributed by atoms with Gasteiger partial charge in [0, 0.05) is 27.1 Å². The maximum atomic E-state index is 12.1. The van der Waals surface area contributed by atoms with Crippen LogP contribution in [0.2, 0.25) is 0 Å². The Labute approximate surface area is 141 Å². The third-order valence-electron chi connectivity index (χ3n) is 3.31. The fourth-order valence-electron chi connectivity index (χ4n) is 1.90. The van der Waals surface area contributed by atoms with Crippen LogP contribution in [0.1, 0.15) is 5.56 Å². The van der Waals surface area contributed by atoms with Gasteiger partial charge in [0.1, 0.15) is 18.6 Å². The van der Waals surface area contributed by atoms with E-state index in [1.807, 2.05) is 0 Å². The van der Waals surface area contributed by atoms with E-state index in [0.29, 0.717) is 18.9 Å². The second kappa shape index (κ2) is 10.5. The highest BCUT2D eigenvalue weighted by Crippen LogP contribution is 2.13. The van der Waals surface area contributed by atoms with Crippen molar-refractivity contribution in [2.24, 2.45) is 0 Å². The third kappa shape index (κ3) is 6.84. The van der Waals surface area contributed by atoms with Crippen LogP contribution in [0.3, 0.4) is 0 Å². The van der Waals surface area contributed by atoms with Gasteiger partial charge in [0.15, 0.2) is 0 Å². The van der Waals surface area contributed by atoms with Crippen molar-refractivity contribution in [2.45, 2.75) is 12.5 Å². The first-order chi connectivity index (χ1) is 11.5. The van der Waals surface area contributed by atoms with Crippen molar-refractivity contribution in [3.63, 3.8) is 0 Å². The third-order valence-corrected chi connectivity index (χ3v) is 3.31. The molecule has 2 N–H and O–H groups in total. The first kappa shape index (κ1) is 19.7. The lowest BCUT2D eigenvalue weighted by Crippen LogP contribution is -2.48. The van der Waals surface area contributed by atoms with Crippen LogP contribution in [0.15, 0.2) is 24.3 Å². The standard InChI is InChI=1S/C16H24N2O6/c1-18(8-9-24-11-22-2)16(21)17-14(15(19)20)10-12-4-6-13(23-3)7-5-12/h4-7,14H,8-11H2,1-3H3,(H,17,21)(H,19,20)/t14-/m0/s1. The summed E-state index contributed by atoms with van der Waals surface area (Å²) in [4.78, 5) is 24.8. The van der Waals surface area contributed by atoms with Gasteiger partial charge in [-0.05, 0) is 17.7 Å². The van der Waals surface area contributed by atoms with Gasteiger partial charge in [0.05, 0.1) is 13.7 Å². The molecule has 0 radical (unpaired) electrons. The molecule has 0 aliphatic rings. The second-order valence-corrected chi connectivity index (χ2v) is 5.13. The Bertz CT molecular complexity index is 520. The molecular formula is C16H24N2O6. The lowest BCUT2D eigenvalue weighted by atomic mass is 10.1. The molecule has 0 heterocycles. The number of urea groups is 1. The molecular weight excluding hydrogens is 316 g/mol. The van der Waals surface area contributed by atoms with Gasteiger partial charge in [-0.1, -0.05) is 12.1 Å². The van der Waals surface area contributed by atoms with Crippen molar-refractivity contribution >= 4 is 12.0 Å². The number of rotatable bonds is 10. The maximum Gasteiger partial charge on any atom is 0.326 e. The number of ether oxygens (including phenoxy) is 3. The minimum absolute atomic E-state index is 0.144. The highest BCUT2D eigenvalue weighted by molar-refractivity contribution is 5.82. The average Bonchev–Trinajstić information content (AvgIpc) is 2.58. The quantitative estimate of drug-likeness (QED) is 0.486. The fraction of sp³-hybridized carbons (Fsp3) is 0.500. The molecule has 0 unspecified atom stereocenters. The molecule has 2 amide bonds. The average molecular weight is 340 g/mol. The van der Waals surface area contributed by atoms with Crippen molar-refractivity contribution in [1.82, 2.24) is 10.2 Å². The molecule has 0 saturated carbocycles. The Kier molecular flexibility index (Phi) is 8.59. The molecule has 0 aliphatic heterocycles. The zero-order valence-electron chi connectivity index (χ0n) is 14.2. The number of nitrogens with one attached hydrogen (secondary N) is 1. The fourth-order valence-corrected chi connectivity index (χ4v) is 1.90. The van der Waals surface area contributed by atoms with E-state index in [9.17, 15) is 14.7 Å². The highest BCUT2D eigenvalue weighted by atomic mass is 16.7. The van der Waals surface area contributed by atoms with Gasteiger partial charge in [-0.15, -0.1) is 0 Å².